The molecule has 0 aliphatic carbocycles. The van der Waals surface area contributed by atoms with Crippen molar-refractivity contribution in [2.45, 2.75) is 111 Å². The molecular weight excluding hydrogens is 502 g/mol. The largest absolute Gasteiger partial charge is 0.444 e. The summed E-state index contributed by atoms with van der Waals surface area (Å²) in [6, 6.07) is 13.5. The summed E-state index contributed by atoms with van der Waals surface area (Å²) >= 11 is 0. The van der Waals surface area contributed by atoms with E-state index >= 15 is 0 Å². The van der Waals surface area contributed by atoms with Crippen LogP contribution in [0.1, 0.15) is 96.0 Å². The molecular formula is C33H49N3O4. The van der Waals surface area contributed by atoms with Crippen molar-refractivity contribution < 1.29 is 19.1 Å². The van der Waals surface area contributed by atoms with Crippen molar-refractivity contribution in [3.8, 4) is 0 Å². The van der Waals surface area contributed by atoms with E-state index in [-0.39, 0.29) is 18.2 Å². The number of hydrogen-bond acceptors (Lipinski definition) is 4. The summed E-state index contributed by atoms with van der Waals surface area (Å²) in [5, 5.41) is 5.91. The van der Waals surface area contributed by atoms with Crippen LogP contribution in [0.25, 0.3) is 0 Å². The second kappa shape index (κ2) is 14.3. The summed E-state index contributed by atoms with van der Waals surface area (Å²) in [6.07, 6.45) is 2.49. The smallest absolute Gasteiger partial charge is 0.408 e. The van der Waals surface area contributed by atoms with Crippen molar-refractivity contribution in [2.24, 2.45) is 0 Å². The van der Waals surface area contributed by atoms with Crippen LogP contribution in [0.4, 0.5) is 4.79 Å². The molecule has 2 aromatic rings. The zero-order valence-electron chi connectivity index (χ0n) is 25.9. The molecule has 0 radical (unpaired) electrons. The number of unbranched alkanes of at least 4 members (excludes halogenated alkanes) is 2. The number of aryl methyl sites for hydroxylation is 1. The minimum Gasteiger partial charge on any atom is -0.444 e. The first-order valence-electron chi connectivity index (χ1n) is 14.4. The Hall–Kier alpha value is -3.35. The molecule has 0 bridgehead atoms. The Morgan fingerprint density at radius 1 is 0.900 bits per heavy atom. The minimum absolute atomic E-state index is 0.233. The zero-order chi connectivity index (χ0) is 30.1. The van der Waals surface area contributed by atoms with Gasteiger partial charge in [0.1, 0.15) is 17.7 Å². The van der Waals surface area contributed by atoms with Gasteiger partial charge in [-0.1, -0.05) is 68.3 Å². The number of nitrogens with zero attached hydrogens (tertiary/aromatic N) is 1. The lowest BCUT2D eigenvalue weighted by atomic mass is 9.90. The van der Waals surface area contributed by atoms with E-state index in [0.717, 1.165) is 41.5 Å². The third kappa shape index (κ3) is 9.68. The van der Waals surface area contributed by atoms with Crippen molar-refractivity contribution in [3.05, 3.63) is 70.8 Å². The molecule has 220 valence electrons. The van der Waals surface area contributed by atoms with Gasteiger partial charge in [0.2, 0.25) is 11.8 Å². The predicted molar refractivity (Wildman–Crippen MR) is 161 cm³/mol. The van der Waals surface area contributed by atoms with Gasteiger partial charge < -0.3 is 20.3 Å². The summed E-state index contributed by atoms with van der Waals surface area (Å²) in [5.41, 5.74) is 2.18. The molecule has 2 aromatic carbocycles. The summed E-state index contributed by atoms with van der Waals surface area (Å²) in [7, 11) is 0. The lowest BCUT2D eigenvalue weighted by Gasteiger charge is -2.43. The van der Waals surface area contributed by atoms with Crippen LogP contribution in [-0.4, -0.2) is 46.5 Å². The summed E-state index contributed by atoms with van der Waals surface area (Å²) in [6.45, 7) is 17.7. The standard InChI is InChI=1S/C33H49N3O4/c1-10-11-15-21-34-29(37)28(26-20-16-17-23(2)24(26)3)36(32(4,5)6)30(38)27(22-25-18-13-12-14-19-25)35-31(39)40-33(7,8)9/h12-14,16-20,27-28H,10-11,15,21-22H2,1-9H3,(H,34,37)(H,35,39). The predicted octanol–water partition coefficient (Wildman–Crippen LogP) is 6.41. The first-order chi connectivity index (χ1) is 18.7. The number of benzene rings is 2. The second-order valence-corrected chi connectivity index (χ2v) is 12.5. The van der Waals surface area contributed by atoms with Crippen LogP contribution in [0, 0.1) is 13.8 Å². The number of nitrogens with one attached hydrogen (secondary N) is 2. The number of rotatable bonds is 11. The highest BCUT2D eigenvalue weighted by atomic mass is 16.6. The van der Waals surface area contributed by atoms with E-state index in [2.05, 4.69) is 17.6 Å². The number of carbonyl (C=O) groups is 3. The molecule has 0 fully saturated rings. The van der Waals surface area contributed by atoms with Crippen molar-refractivity contribution in [3.63, 3.8) is 0 Å². The monoisotopic (exact) mass is 551 g/mol. The number of ether oxygens (including phenoxy) is 1. The highest BCUT2D eigenvalue weighted by Gasteiger charge is 2.42. The van der Waals surface area contributed by atoms with Gasteiger partial charge in [-0.05, 0) is 84.1 Å². The minimum atomic E-state index is -0.947. The summed E-state index contributed by atoms with van der Waals surface area (Å²) in [4.78, 5) is 43.1. The SMILES string of the molecule is CCCCCNC(=O)C(c1cccc(C)c1C)N(C(=O)C(Cc1ccccc1)NC(=O)OC(C)(C)C)C(C)(C)C. The Labute approximate surface area is 241 Å². The molecule has 2 unspecified atom stereocenters. The van der Waals surface area contributed by atoms with Gasteiger partial charge >= 0.3 is 6.09 Å². The first-order valence-corrected chi connectivity index (χ1v) is 14.4. The molecule has 0 aliphatic rings. The molecule has 0 spiro atoms. The van der Waals surface area contributed by atoms with Crippen LogP contribution in [-0.2, 0) is 20.7 Å². The number of hydrogen-bond donors (Lipinski definition) is 2. The van der Waals surface area contributed by atoms with Gasteiger partial charge in [-0.25, -0.2) is 4.79 Å². The normalized spacial score (nSPS) is 13.2. The molecule has 0 aromatic heterocycles. The van der Waals surface area contributed by atoms with Gasteiger partial charge in [0, 0.05) is 18.5 Å². The Morgan fingerprint density at radius 2 is 1.55 bits per heavy atom. The Balaban J connectivity index is 2.60. The fraction of sp³-hybridized carbons (Fsp3) is 0.545. The fourth-order valence-electron chi connectivity index (χ4n) is 4.66. The third-order valence-corrected chi connectivity index (χ3v) is 6.76. The van der Waals surface area contributed by atoms with E-state index in [1.807, 2.05) is 83.1 Å². The van der Waals surface area contributed by atoms with E-state index in [4.69, 9.17) is 4.74 Å². The molecule has 0 heterocycles. The lowest BCUT2D eigenvalue weighted by molar-refractivity contribution is -0.148. The van der Waals surface area contributed by atoms with E-state index in [1.54, 1.807) is 25.7 Å². The molecule has 7 heteroatoms. The summed E-state index contributed by atoms with van der Waals surface area (Å²) in [5.74, 6) is -0.583. The lowest BCUT2D eigenvalue weighted by Crippen LogP contribution is -2.59. The molecule has 0 saturated heterocycles. The fourth-order valence-corrected chi connectivity index (χ4v) is 4.66. The van der Waals surface area contributed by atoms with Crippen LogP contribution >= 0.6 is 0 Å². The van der Waals surface area contributed by atoms with Crippen LogP contribution in [0.15, 0.2) is 48.5 Å². The number of carbonyl (C=O) groups excluding carboxylic acids is 3. The maximum absolute atomic E-state index is 14.6. The van der Waals surface area contributed by atoms with E-state index in [9.17, 15) is 14.4 Å². The molecule has 2 atom stereocenters. The van der Waals surface area contributed by atoms with Crippen LogP contribution in [0.2, 0.25) is 0 Å². The molecule has 2 N–H and O–H groups in total. The van der Waals surface area contributed by atoms with Crippen LogP contribution in [0.3, 0.4) is 0 Å². The van der Waals surface area contributed by atoms with E-state index in [0.29, 0.717) is 6.54 Å². The maximum atomic E-state index is 14.6. The molecule has 7 nitrogen and oxygen atoms in total. The Kier molecular flexibility index (Phi) is 11.8. The molecule has 2 rings (SSSR count). The van der Waals surface area contributed by atoms with Gasteiger partial charge in [0.15, 0.2) is 0 Å². The molecule has 3 amide bonds. The van der Waals surface area contributed by atoms with Crippen molar-refractivity contribution in [1.29, 1.82) is 0 Å². The van der Waals surface area contributed by atoms with Gasteiger partial charge in [0.25, 0.3) is 0 Å². The van der Waals surface area contributed by atoms with Gasteiger partial charge in [0.05, 0.1) is 0 Å². The van der Waals surface area contributed by atoms with Crippen LogP contribution < -0.4 is 10.6 Å². The van der Waals surface area contributed by atoms with E-state index in [1.165, 1.54) is 0 Å². The topological polar surface area (TPSA) is 87.7 Å². The number of alkyl carbamates (subject to hydrolysis) is 1. The quantitative estimate of drug-likeness (QED) is 0.316. The van der Waals surface area contributed by atoms with Crippen molar-refractivity contribution in [1.82, 2.24) is 15.5 Å². The van der Waals surface area contributed by atoms with Crippen molar-refractivity contribution in [2.75, 3.05) is 6.54 Å². The average molecular weight is 552 g/mol. The second-order valence-electron chi connectivity index (χ2n) is 12.5. The summed E-state index contributed by atoms with van der Waals surface area (Å²) < 4.78 is 5.52. The molecule has 40 heavy (non-hydrogen) atoms. The highest BCUT2D eigenvalue weighted by molar-refractivity contribution is 5.93. The Morgan fingerprint density at radius 3 is 2.12 bits per heavy atom. The Bertz CT molecular complexity index is 1130. The molecule has 0 saturated carbocycles. The van der Waals surface area contributed by atoms with Gasteiger partial charge in [-0.15, -0.1) is 0 Å². The highest BCUT2D eigenvalue weighted by Crippen LogP contribution is 2.33. The number of amides is 3. The van der Waals surface area contributed by atoms with Gasteiger partial charge in [-0.2, -0.15) is 0 Å². The van der Waals surface area contributed by atoms with Crippen LogP contribution in [0.5, 0.6) is 0 Å². The first kappa shape index (κ1) is 32.9. The maximum Gasteiger partial charge on any atom is 0.408 e. The zero-order valence-corrected chi connectivity index (χ0v) is 25.9. The third-order valence-electron chi connectivity index (χ3n) is 6.76. The van der Waals surface area contributed by atoms with E-state index < -0.39 is 29.3 Å². The molecule has 0 aliphatic heterocycles. The van der Waals surface area contributed by atoms with Gasteiger partial charge in [-0.3, -0.25) is 9.59 Å². The van der Waals surface area contributed by atoms with Crippen molar-refractivity contribution >= 4 is 17.9 Å². The average Bonchev–Trinajstić information content (AvgIpc) is 2.85.